The number of aliphatic hydroxyl groups excluding tert-OH is 1. The van der Waals surface area contributed by atoms with E-state index in [9.17, 15) is 5.11 Å². The summed E-state index contributed by atoms with van der Waals surface area (Å²) in [5.41, 5.74) is 0. The van der Waals surface area contributed by atoms with Crippen molar-refractivity contribution in [1.29, 1.82) is 0 Å². The lowest BCUT2D eigenvalue weighted by atomic mass is 10.1. The molecule has 2 atom stereocenters. The molecule has 1 fully saturated rings. The molecule has 2 rings (SSSR count). The summed E-state index contributed by atoms with van der Waals surface area (Å²) >= 11 is 7.32. The van der Waals surface area contributed by atoms with Crippen LogP contribution in [0.25, 0.3) is 0 Å². The first kappa shape index (κ1) is 23.9. The summed E-state index contributed by atoms with van der Waals surface area (Å²) in [6.07, 6.45) is -0.591. The van der Waals surface area contributed by atoms with Gasteiger partial charge in [0.1, 0.15) is 6.10 Å². The molecule has 150 valence electrons. The Morgan fingerprint density at radius 3 is 2.73 bits per heavy atom. The number of rotatable bonds is 8. The number of thiophene rings is 1. The molecule has 26 heavy (non-hydrogen) atoms. The highest BCUT2D eigenvalue weighted by Crippen LogP contribution is 2.26. The van der Waals surface area contributed by atoms with Crippen molar-refractivity contribution in [3.05, 3.63) is 21.3 Å². The molecule has 3 N–H and O–H groups in total. The lowest BCUT2D eigenvalue weighted by Crippen LogP contribution is -2.41. The van der Waals surface area contributed by atoms with Gasteiger partial charge in [-0.15, -0.1) is 35.3 Å². The van der Waals surface area contributed by atoms with Gasteiger partial charge in [-0.05, 0) is 25.0 Å². The van der Waals surface area contributed by atoms with E-state index in [-0.39, 0.29) is 24.0 Å². The Morgan fingerprint density at radius 1 is 1.38 bits per heavy atom. The van der Waals surface area contributed by atoms with Gasteiger partial charge in [0.2, 0.25) is 0 Å². The Morgan fingerprint density at radius 2 is 2.12 bits per heavy atom. The van der Waals surface area contributed by atoms with E-state index in [1.54, 1.807) is 6.07 Å². The first-order valence-electron chi connectivity index (χ1n) is 8.84. The number of aliphatic imine (C=N–C) groups is 1. The predicted octanol–water partition coefficient (Wildman–Crippen LogP) is 2.58. The summed E-state index contributed by atoms with van der Waals surface area (Å²) in [5.74, 6) is 1.20. The zero-order valence-corrected chi connectivity index (χ0v) is 19.3. The van der Waals surface area contributed by atoms with Crippen molar-refractivity contribution in [2.75, 3.05) is 52.5 Å². The maximum absolute atomic E-state index is 10.2. The van der Waals surface area contributed by atoms with Gasteiger partial charge in [-0.1, -0.05) is 18.5 Å². The molecule has 2 heterocycles. The van der Waals surface area contributed by atoms with Crippen LogP contribution >= 0.6 is 46.9 Å². The standard InChI is InChI=1S/C17H29ClN4O2S.HI/c1-3-19-17(21-11-14(23)15-4-5-16(18)25-15)20-10-13(2)12-22-6-8-24-9-7-22;/h4-5,13-14,23H,3,6-12H2,1-2H3,(H2,19,20,21);1H. The summed E-state index contributed by atoms with van der Waals surface area (Å²) in [4.78, 5) is 7.93. The molecule has 1 aliphatic rings. The van der Waals surface area contributed by atoms with Crippen molar-refractivity contribution in [2.24, 2.45) is 10.9 Å². The highest BCUT2D eigenvalue weighted by molar-refractivity contribution is 14.0. The fraction of sp³-hybridized carbons (Fsp3) is 0.706. The van der Waals surface area contributed by atoms with Gasteiger partial charge in [-0.2, -0.15) is 0 Å². The van der Waals surface area contributed by atoms with Gasteiger partial charge in [-0.25, -0.2) is 0 Å². The van der Waals surface area contributed by atoms with Crippen LogP contribution in [0, 0.1) is 5.92 Å². The van der Waals surface area contributed by atoms with Crippen LogP contribution in [0.1, 0.15) is 24.8 Å². The second-order valence-electron chi connectivity index (χ2n) is 6.28. The van der Waals surface area contributed by atoms with E-state index >= 15 is 0 Å². The first-order valence-corrected chi connectivity index (χ1v) is 10.0. The monoisotopic (exact) mass is 516 g/mol. The lowest BCUT2D eigenvalue weighted by Gasteiger charge is -2.28. The van der Waals surface area contributed by atoms with E-state index in [1.165, 1.54) is 11.3 Å². The van der Waals surface area contributed by atoms with Gasteiger partial charge in [0.15, 0.2) is 5.96 Å². The second-order valence-corrected chi connectivity index (χ2v) is 8.02. The number of nitrogens with one attached hydrogen (secondary N) is 2. The first-order chi connectivity index (χ1) is 12.1. The molecule has 9 heteroatoms. The molecule has 1 saturated heterocycles. The third-order valence-corrected chi connectivity index (χ3v) is 5.30. The van der Waals surface area contributed by atoms with Crippen LogP contribution in [0.2, 0.25) is 4.34 Å². The fourth-order valence-electron chi connectivity index (χ4n) is 2.67. The molecule has 6 nitrogen and oxygen atoms in total. The molecular formula is C17H30ClIN4O2S. The van der Waals surface area contributed by atoms with Crippen LogP contribution in [-0.2, 0) is 4.74 Å². The predicted molar refractivity (Wildman–Crippen MR) is 120 cm³/mol. The van der Waals surface area contributed by atoms with Gasteiger partial charge in [0.05, 0.1) is 17.6 Å². The molecule has 0 radical (unpaired) electrons. The van der Waals surface area contributed by atoms with Crippen LogP contribution < -0.4 is 10.6 Å². The zero-order chi connectivity index (χ0) is 18.1. The SMILES string of the molecule is CCNC(=NCC(C)CN1CCOCC1)NCC(O)c1ccc(Cl)s1.I. The van der Waals surface area contributed by atoms with Crippen molar-refractivity contribution in [2.45, 2.75) is 20.0 Å². The summed E-state index contributed by atoms with van der Waals surface area (Å²) in [7, 11) is 0. The number of ether oxygens (including phenoxy) is 1. The molecule has 0 amide bonds. The highest BCUT2D eigenvalue weighted by Gasteiger charge is 2.14. The third kappa shape index (κ3) is 8.71. The quantitative estimate of drug-likeness (QED) is 0.282. The molecule has 1 aromatic heterocycles. The lowest BCUT2D eigenvalue weighted by molar-refractivity contribution is 0.0323. The van der Waals surface area contributed by atoms with E-state index < -0.39 is 6.10 Å². The molecule has 0 saturated carbocycles. The molecule has 1 aromatic rings. The number of guanidine groups is 1. The average molecular weight is 517 g/mol. The van der Waals surface area contributed by atoms with Gasteiger partial charge < -0.3 is 20.5 Å². The minimum absolute atomic E-state index is 0. The van der Waals surface area contributed by atoms with E-state index in [4.69, 9.17) is 16.3 Å². The summed E-state index contributed by atoms with van der Waals surface area (Å²) in [6.45, 7) is 10.9. The molecule has 0 aliphatic carbocycles. The smallest absolute Gasteiger partial charge is 0.191 e. The zero-order valence-electron chi connectivity index (χ0n) is 15.4. The van der Waals surface area contributed by atoms with E-state index in [0.29, 0.717) is 16.8 Å². The van der Waals surface area contributed by atoms with Crippen LogP contribution in [0.3, 0.4) is 0 Å². The maximum atomic E-state index is 10.2. The highest BCUT2D eigenvalue weighted by atomic mass is 127. The van der Waals surface area contributed by atoms with Gasteiger partial charge in [0, 0.05) is 44.1 Å². The van der Waals surface area contributed by atoms with Gasteiger partial charge in [0.25, 0.3) is 0 Å². The number of hydrogen-bond donors (Lipinski definition) is 3. The van der Waals surface area contributed by atoms with Crippen molar-refractivity contribution in [3.63, 3.8) is 0 Å². The Kier molecular flexibility index (Phi) is 12.1. The molecular weight excluding hydrogens is 487 g/mol. The molecule has 0 spiro atoms. The van der Waals surface area contributed by atoms with E-state index in [0.717, 1.165) is 56.8 Å². The molecule has 0 bridgehead atoms. The average Bonchev–Trinajstić information content (AvgIpc) is 3.04. The van der Waals surface area contributed by atoms with Crippen molar-refractivity contribution in [1.82, 2.24) is 15.5 Å². The number of hydrogen-bond acceptors (Lipinski definition) is 5. The second kappa shape index (κ2) is 13.1. The Bertz CT molecular complexity index is 541. The van der Waals surface area contributed by atoms with Crippen LogP contribution in [0.4, 0.5) is 0 Å². The number of aliphatic hydroxyl groups is 1. The topological polar surface area (TPSA) is 69.1 Å². The van der Waals surface area contributed by atoms with Gasteiger partial charge in [-0.3, -0.25) is 9.89 Å². The number of nitrogens with zero attached hydrogens (tertiary/aromatic N) is 2. The van der Waals surface area contributed by atoms with Crippen molar-refractivity contribution >= 4 is 52.9 Å². The van der Waals surface area contributed by atoms with Crippen LogP contribution in [-0.4, -0.2) is 68.4 Å². The molecule has 1 aliphatic heterocycles. The van der Waals surface area contributed by atoms with Crippen molar-refractivity contribution < 1.29 is 9.84 Å². The Labute approximate surface area is 182 Å². The van der Waals surface area contributed by atoms with Crippen molar-refractivity contribution in [3.8, 4) is 0 Å². The third-order valence-electron chi connectivity index (χ3n) is 3.96. The minimum Gasteiger partial charge on any atom is -0.386 e. The summed E-state index contributed by atoms with van der Waals surface area (Å²) in [6, 6.07) is 3.66. The summed E-state index contributed by atoms with van der Waals surface area (Å²) in [5, 5.41) is 16.7. The largest absolute Gasteiger partial charge is 0.386 e. The number of morpholine rings is 1. The molecule has 0 aromatic carbocycles. The van der Waals surface area contributed by atoms with Crippen LogP contribution in [0.5, 0.6) is 0 Å². The van der Waals surface area contributed by atoms with E-state index in [2.05, 4.69) is 27.4 Å². The van der Waals surface area contributed by atoms with E-state index in [1.807, 2.05) is 13.0 Å². The fourth-order valence-corrected chi connectivity index (χ4v) is 3.72. The van der Waals surface area contributed by atoms with Gasteiger partial charge >= 0.3 is 0 Å². The minimum atomic E-state index is -0.591. The van der Waals surface area contributed by atoms with Crippen LogP contribution in [0.15, 0.2) is 17.1 Å². The maximum Gasteiger partial charge on any atom is 0.191 e. The number of halogens is 2. The Hall–Kier alpha value is -0.130. The summed E-state index contributed by atoms with van der Waals surface area (Å²) < 4.78 is 6.07. The molecule has 2 unspecified atom stereocenters. The Balaban J connectivity index is 0.00000338. The normalized spacial score (nSPS) is 18.1.